The minimum Gasteiger partial charge on any atom is -0.271 e. The predicted molar refractivity (Wildman–Crippen MR) is 77.3 cm³/mol. The van der Waals surface area contributed by atoms with Gasteiger partial charge in [0.2, 0.25) is 0 Å². The smallest absolute Gasteiger partial charge is 0.142 e. The van der Waals surface area contributed by atoms with E-state index in [9.17, 15) is 4.39 Å². The van der Waals surface area contributed by atoms with Gasteiger partial charge in [0, 0.05) is 6.04 Å². The second-order valence-electron chi connectivity index (χ2n) is 5.54. The van der Waals surface area contributed by atoms with Crippen molar-refractivity contribution in [3.8, 4) is 0 Å². The molecule has 1 aliphatic carbocycles. The maximum atomic E-state index is 13.4. The Balaban J connectivity index is 2.05. The Labute approximate surface area is 119 Å². The number of hydrazine groups is 1. The standard InChI is InChI=1S/C15H22ClFN2/c1-2-10-6-7-11(8-10)14(19-18)9-12-4-3-5-13(17)15(12)16/h3-5,10-11,14,19H,2,6-9,18H2,1H3. The minimum absolute atomic E-state index is 0.177. The van der Waals surface area contributed by atoms with E-state index in [0.717, 1.165) is 11.5 Å². The van der Waals surface area contributed by atoms with Gasteiger partial charge in [-0.25, -0.2) is 4.39 Å². The highest BCUT2D eigenvalue weighted by atomic mass is 35.5. The molecule has 0 saturated heterocycles. The lowest BCUT2D eigenvalue weighted by atomic mass is 9.91. The van der Waals surface area contributed by atoms with Crippen molar-refractivity contribution in [1.29, 1.82) is 0 Å². The zero-order valence-electron chi connectivity index (χ0n) is 11.3. The number of hydrogen-bond acceptors (Lipinski definition) is 2. The fraction of sp³-hybridized carbons (Fsp3) is 0.600. The molecule has 106 valence electrons. The molecule has 1 aliphatic rings. The van der Waals surface area contributed by atoms with E-state index in [1.807, 2.05) is 6.07 Å². The van der Waals surface area contributed by atoms with Crippen molar-refractivity contribution < 1.29 is 4.39 Å². The Hall–Kier alpha value is -0.640. The molecule has 0 aliphatic heterocycles. The van der Waals surface area contributed by atoms with Gasteiger partial charge in [-0.2, -0.15) is 0 Å². The van der Waals surface area contributed by atoms with Gasteiger partial charge >= 0.3 is 0 Å². The molecule has 0 bridgehead atoms. The summed E-state index contributed by atoms with van der Waals surface area (Å²) < 4.78 is 13.4. The number of hydrogen-bond donors (Lipinski definition) is 2. The van der Waals surface area contributed by atoms with Crippen molar-refractivity contribution in [3.63, 3.8) is 0 Å². The van der Waals surface area contributed by atoms with Crippen molar-refractivity contribution in [2.24, 2.45) is 17.7 Å². The zero-order valence-corrected chi connectivity index (χ0v) is 12.1. The van der Waals surface area contributed by atoms with Crippen LogP contribution in [0.4, 0.5) is 4.39 Å². The summed E-state index contributed by atoms with van der Waals surface area (Å²) in [6.07, 6.45) is 5.59. The first-order valence-corrected chi connectivity index (χ1v) is 7.42. The van der Waals surface area contributed by atoms with Crippen LogP contribution < -0.4 is 11.3 Å². The third-order valence-electron chi connectivity index (χ3n) is 4.41. The Morgan fingerprint density at radius 2 is 2.26 bits per heavy atom. The minimum atomic E-state index is -0.354. The van der Waals surface area contributed by atoms with Gasteiger partial charge in [-0.15, -0.1) is 0 Å². The molecule has 3 unspecified atom stereocenters. The lowest BCUT2D eigenvalue weighted by Gasteiger charge is -2.23. The molecule has 1 aromatic carbocycles. The number of rotatable bonds is 5. The van der Waals surface area contributed by atoms with E-state index in [0.29, 0.717) is 12.3 Å². The van der Waals surface area contributed by atoms with Crippen molar-refractivity contribution in [1.82, 2.24) is 5.43 Å². The zero-order chi connectivity index (χ0) is 13.8. The number of nitrogens with two attached hydrogens (primary N) is 1. The number of nitrogens with one attached hydrogen (secondary N) is 1. The average Bonchev–Trinajstić information content (AvgIpc) is 2.89. The highest BCUT2D eigenvalue weighted by Gasteiger charge is 2.30. The Morgan fingerprint density at radius 3 is 2.89 bits per heavy atom. The summed E-state index contributed by atoms with van der Waals surface area (Å²) >= 11 is 6.01. The van der Waals surface area contributed by atoms with E-state index >= 15 is 0 Å². The normalized spacial score (nSPS) is 24.6. The molecular weight excluding hydrogens is 263 g/mol. The van der Waals surface area contributed by atoms with Crippen LogP contribution in [0, 0.1) is 17.7 Å². The van der Waals surface area contributed by atoms with Gasteiger partial charge in [0.05, 0.1) is 5.02 Å². The predicted octanol–water partition coefficient (Wildman–Crippen LogP) is 3.68. The van der Waals surface area contributed by atoms with Crippen LogP contribution in [-0.4, -0.2) is 6.04 Å². The summed E-state index contributed by atoms with van der Waals surface area (Å²) in [6.45, 7) is 2.24. The summed E-state index contributed by atoms with van der Waals surface area (Å²) in [5, 5.41) is 0.229. The highest BCUT2D eigenvalue weighted by molar-refractivity contribution is 6.31. The summed E-state index contributed by atoms with van der Waals surface area (Å²) in [7, 11) is 0. The quantitative estimate of drug-likeness (QED) is 0.639. The van der Waals surface area contributed by atoms with Crippen molar-refractivity contribution in [3.05, 3.63) is 34.6 Å². The van der Waals surface area contributed by atoms with E-state index in [1.54, 1.807) is 6.07 Å². The van der Waals surface area contributed by atoms with E-state index in [4.69, 9.17) is 17.4 Å². The van der Waals surface area contributed by atoms with Gasteiger partial charge in [-0.05, 0) is 42.7 Å². The van der Waals surface area contributed by atoms with E-state index in [2.05, 4.69) is 12.3 Å². The fourth-order valence-corrected chi connectivity index (χ4v) is 3.36. The molecule has 0 heterocycles. The average molecular weight is 285 g/mol. The summed E-state index contributed by atoms with van der Waals surface area (Å²) in [5.74, 6) is 6.71. The second-order valence-corrected chi connectivity index (χ2v) is 5.92. The highest BCUT2D eigenvalue weighted by Crippen LogP contribution is 2.36. The molecular formula is C15H22ClFN2. The molecule has 1 fully saturated rings. The molecule has 3 atom stereocenters. The first-order valence-electron chi connectivity index (χ1n) is 7.04. The van der Waals surface area contributed by atoms with Gasteiger partial charge < -0.3 is 0 Å². The van der Waals surface area contributed by atoms with E-state index < -0.39 is 0 Å². The van der Waals surface area contributed by atoms with Crippen molar-refractivity contribution in [2.45, 2.75) is 45.1 Å². The van der Waals surface area contributed by atoms with Crippen LogP contribution in [0.3, 0.4) is 0 Å². The van der Waals surface area contributed by atoms with Crippen LogP contribution in [0.25, 0.3) is 0 Å². The second kappa shape index (κ2) is 6.69. The summed E-state index contributed by atoms with van der Waals surface area (Å²) in [5.41, 5.74) is 3.74. The SMILES string of the molecule is CCC1CCC(C(Cc2cccc(F)c2Cl)NN)C1. The third-order valence-corrected chi connectivity index (χ3v) is 4.84. The first-order chi connectivity index (χ1) is 9.15. The van der Waals surface area contributed by atoms with Crippen molar-refractivity contribution >= 4 is 11.6 Å². The number of benzene rings is 1. The van der Waals surface area contributed by atoms with Crippen LogP contribution >= 0.6 is 11.6 Å². The Morgan fingerprint density at radius 1 is 1.47 bits per heavy atom. The van der Waals surface area contributed by atoms with Gasteiger partial charge in [0.1, 0.15) is 5.82 Å². The molecule has 1 saturated carbocycles. The van der Waals surface area contributed by atoms with Gasteiger partial charge in [0.25, 0.3) is 0 Å². The summed E-state index contributed by atoms with van der Waals surface area (Å²) in [6, 6.07) is 5.14. The summed E-state index contributed by atoms with van der Waals surface area (Å²) in [4.78, 5) is 0. The molecule has 1 aromatic rings. The first kappa shape index (κ1) is 14.8. The molecule has 0 radical (unpaired) electrons. The largest absolute Gasteiger partial charge is 0.271 e. The van der Waals surface area contributed by atoms with Crippen LogP contribution in [-0.2, 0) is 6.42 Å². The molecule has 4 heteroatoms. The molecule has 0 amide bonds. The molecule has 3 N–H and O–H groups in total. The Kier molecular flexibility index (Phi) is 5.20. The fourth-order valence-electron chi connectivity index (χ4n) is 3.15. The molecule has 0 spiro atoms. The Bertz CT molecular complexity index is 425. The maximum Gasteiger partial charge on any atom is 0.142 e. The van der Waals surface area contributed by atoms with Gasteiger partial charge in [-0.3, -0.25) is 11.3 Å². The van der Waals surface area contributed by atoms with E-state index in [1.165, 1.54) is 31.7 Å². The molecule has 2 nitrogen and oxygen atoms in total. The lowest BCUT2D eigenvalue weighted by Crippen LogP contribution is -2.41. The van der Waals surface area contributed by atoms with Crippen LogP contribution in [0.15, 0.2) is 18.2 Å². The monoisotopic (exact) mass is 284 g/mol. The van der Waals surface area contributed by atoms with E-state index in [-0.39, 0.29) is 16.9 Å². The topological polar surface area (TPSA) is 38.0 Å². The number of halogens is 2. The lowest BCUT2D eigenvalue weighted by molar-refractivity contribution is 0.347. The van der Waals surface area contributed by atoms with Crippen LogP contribution in [0.5, 0.6) is 0 Å². The molecule has 19 heavy (non-hydrogen) atoms. The third kappa shape index (κ3) is 3.47. The van der Waals surface area contributed by atoms with Crippen LogP contribution in [0.1, 0.15) is 38.2 Å². The molecule has 2 rings (SSSR count). The van der Waals surface area contributed by atoms with Gasteiger partial charge in [0.15, 0.2) is 0 Å². The molecule has 0 aromatic heterocycles. The van der Waals surface area contributed by atoms with Crippen molar-refractivity contribution in [2.75, 3.05) is 0 Å². The van der Waals surface area contributed by atoms with Gasteiger partial charge in [-0.1, -0.05) is 43.5 Å². The van der Waals surface area contributed by atoms with Crippen LogP contribution in [0.2, 0.25) is 5.02 Å². The maximum absolute atomic E-state index is 13.4.